The summed E-state index contributed by atoms with van der Waals surface area (Å²) in [5.41, 5.74) is 2.19. The molecule has 1 aromatic heterocycles. The van der Waals surface area contributed by atoms with Crippen LogP contribution in [0, 0.1) is 13.8 Å². The van der Waals surface area contributed by atoms with E-state index in [1.165, 1.54) is 18.2 Å². The number of imide groups is 2. The number of nitrogens with one attached hydrogen (secondary N) is 1. The molecular formula is C24H18N2O6. The highest BCUT2D eigenvalue weighted by Crippen LogP contribution is 2.28. The van der Waals surface area contributed by atoms with Gasteiger partial charge in [-0.2, -0.15) is 0 Å². The van der Waals surface area contributed by atoms with Crippen molar-refractivity contribution in [3.63, 3.8) is 0 Å². The van der Waals surface area contributed by atoms with Crippen molar-refractivity contribution in [1.29, 1.82) is 0 Å². The minimum atomic E-state index is -1.11. The van der Waals surface area contributed by atoms with Crippen molar-refractivity contribution >= 4 is 35.6 Å². The van der Waals surface area contributed by atoms with Gasteiger partial charge in [0, 0.05) is 5.56 Å². The van der Waals surface area contributed by atoms with Gasteiger partial charge in [0.1, 0.15) is 17.1 Å². The molecule has 1 aliphatic rings. The average Bonchev–Trinajstić information content (AvgIpc) is 3.19. The number of amides is 4. The van der Waals surface area contributed by atoms with Crippen molar-refractivity contribution in [2.75, 3.05) is 4.90 Å². The molecule has 3 aromatic rings. The lowest BCUT2D eigenvalue weighted by Gasteiger charge is -2.26. The van der Waals surface area contributed by atoms with E-state index in [1.807, 2.05) is 19.9 Å². The number of nitrogens with zero attached hydrogens (tertiary/aromatic N) is 1. The lowest BCUT2D eigenvalue weighted by Crippen LogP contribution is -2.54. The first-order valence-corrected chi connectivity index (χ1v) is 9.67. The maximum absolute atomic E-state index is 13.1. The molecule has 0 spiro atoms. The number of carbonyl (C=O) groups excluding carboxylic acids is 3. The fraction of sp³-hybridized carbons (Fsp3) is 0.0833. The summed E-state index contributed by atoms with van der Waals surface area (Å²) in [6.45, 7) is 3.67. The molecule has 0 atom stereocenters. The molecule has 4 amide bonds. The van der Waals surface area contributed by atoms with Gasteiger partial charge in [-0.3, -0.25) is 14.9 Å². The van der Waals surface area contributed by atoms with E-state index in [0.717, 1.165) is 16.0 Å². The van der Waals surface area contributed by atoms with Gasteiger partial charge in [-0.15, -0.1) is 0 Å². The zero-order valence-electron chi connectivity index (χ0n) is 17.2. The van der Waals surface area contributed by atoms with Crippen LogP contribution in [-0.2, 0) is 9.59 Å². The number of urea groups is 1. The zero-order valence-corrected chi connectivity index (χ0v) is 17.2. The number of carboxylic acid groups (broad SMARTS) is 1. The van der Waals surface area contributed by atoms with Crippen LogP contribution in [0.15, 0.2) is 64.6 Å². The topological polar surface area (TPSA) is 117 Å². The summed E-state index contributed by atoms with van der Waals surface area (Å²) in [5, 5.41) is 11.5. The van der Waals surface area contributed by atoms with E-state index in [1.54, 1.807) is 36.4 Å². The lowest BCUT2D eigenvalue weighted by molar-refractivity contribution is -0.122. The molecule has 0 bridgehead atoms. The molecule has 1 aliphatic heterocycles. The molecule has 8 nitrogen and oxygen atoms in total. The number of carboxylic acids is 1. The van der Waals surface area contributed by atoms with Gasteiger partial charge in [-0.05, 0) is 61.4 Å². The third-order valence-electron chi connectivity index (χ3n) is 4.90. The second kappa shape index (κ2) is 7.99. The van der Waals surface area contributed by atoms with Crippen molar-refractivity contribution in [1.82, 2.24) is 5.32 Å². The van der Waals surface area contributed by atoms with Gasteiger partial charge in [0.2, 0.25) is 0 Å². The Balaban J connectivity index is 1.71. The summed E-state index contributed by atoms with van der Waals surface area (Å²) in [5.74, 6) is -2.31. The van der Waals surface area contributed by atoms with Gasteiger partial charge in [-0.25, -0.2) is 14.5 Å². The Morgan fingerprint density at radius 3 is 2.38 bits per heavy atom. The Labute approximate surface area is 182 Å². The lowest BCUT2D eigenvalue weighted by atomic mass is 10.1. The summed E-state index contributed by atoms with van der Waals surface area (Å²) >= 11 is 0. The Kier molecular flexibility index (Phi) is 5.19. The van der Waals surface area contributed by atoms with Gasteiger partial charge in [0.15, 0.2) is 0 Å². The summed E-state index contributed by atoms with van der Waals surface area (Å²) in [4.78, 5) is 50.2. The highest BCUT2D eigenvalue weighted by Gasteiger charge is 2.37. The first-order valence-electron chi connectivity index (χ1n) is 9.67. The highest BCUT2D eigenvalue weighted by molar-refractivity contribution is 6.39. The normalized spacial score (nSPS) is 15.2. The van der Waals surface area contributed by atoms with E-state index in [-0.39, 0.29) is 22.7 Å². The molecule has 0 unspecified atom stereocenters. The Morgan fingerprint density at radius 2 is 1.69 bits per heavy atom. The molecular weight excluding hydrogens is 412 g/mol. The Hall–Kier alpha value is -4.46. The maximum Gasteiger partial charge on any atom is 0.336 e. The standard InChI is InChI=1S/C24H18N2O6/c1-13-9-14(2)11-15(10-13)26-22(28)19(21(27)25-24(26)31)12-16-7-8-20(32-16)17-5-3-4-6-18(17)23(29)30/h3-12H,1-2H3,(H,29,30)(H,25,27,31). The fourth-order valence-electron chi connectivity index (χ4n) is 3.57. The number of benzene rings is 2. The second-order valence-electron chi connectivity index (χ2n) is 7.36. The van der Waals surface area contributed by atoms with Gasteiger partial charge >= 0.3 is 12.0 Å². The second-order valence-corrected chi connectivity index (χ2v) is 7.36. The number of rotatable bonds is 4. The first kappa shape index (κ1) is 20.8. The number of furan rings is 1. The minimum absolute atomic E-state index is 0.0547. The van der Waals surface area contributed by atoms with Gasteiger partial charge in [0.25, 0.3) is 11.8 Å². The highest BCUT2D eigenvalue weighted by atomic mass is 16.4. The van der Waals surface area contributed by atoms with Crippen LogP contribution in [0.3, 0.4) is 0 Å². The fourth-order valence-corrected chi connectivity index (χ4v) is 3.57. The van der Waals surface area contributed by atoms with Crippen LogP contribution in [-0.4, -0.2) is 28.9 Å². The molecule has 2 aromatic carbocycles. The van der Waals surface area contributed by atoms with Gasteiger partial charge in [-0.1, -0.05) is 24.3 Å². The van der Waals surface area contributed by atoms with Crippen LogP contribution >= 0.6 is 0 Å². The molecule has 32 heavy (non-hydrogen) atoms. The molecule has 0 aliphatic carbocycles. The third-order valence-corrected chi connectivity index (χ3v) is 4.90. The number of aromatic carboxylic acids is 1. The van der Waals surface area contributed by atoms with Crippen LogP contribution in [0.5, 0.6) is 0 Å². The summed E-state index contributed by atoms with van der Waals surface area (Å²) in [7, 11) is 0. The molecule has 0 saturated carbocycles. The van der Waals surface area contributed by atoms with E-state index in [2.05, 4.69) is 5.32 Å². The first-order chi connectivity index (χ1) is 15.2. The van der Waals surface area contributed by atoms with Crippen LogP contribution in [0.1, 0.15) is 27.2 Å². The quantitative estimate of drug-likeness (QED) is 0.479. The van der Waals surface area contributed by atoms with Crippen LogP contribution in [0.4, 0.5) is 10.5 Å². The third kappa shape index (κ3) is 3.81. The van der Waals surface area contributed by atoms with E-state index < -0.39 is 23.8 Å². The van der Waals surface area contributed by atoms with Crippen molar-refractivity contribution in [3.05, 3.63) is 82.6 Å². The van der Waals surface area contributed by atoms with Crippen molar-refractivity contribution in [3.8, 4) is 11.3 Å². The van der Waals surface area contributed by atoms with E-state index in [4.69, 9.17) is 4.42 Å². The van der Waals surface area contributed by atoms with Gasteiger partial charge in [0.05, 0.1) is 11.3 Å². The summed E-state index contributed by atoms with van der Waals surface area (Å²) in [6, 6.07) is 13.8. The SMILES string of the molecule is Cc1cc(C)cc(N2C(=O)NC(=O)C(=Cc3ccc(-c4ccccc4C(=O)O)o3)C2=O)c1. The summed E-state index contributed by atoms with van der Waals surface area (Å²) < 4.78 is 5.69. The molecule has 4 rings (SSSR count). The Morgan fingerprint density at radius 1 is 1.00 bits per heavy atom. The predicted octanol–water partition coefficient (Wildman–Crippen LogP) is 3.93. The molecule has 2 heterocycles. The minimum Gasteiger partial charge on any atom is -0.478 e. The van der Waals surface area contributed by atoms with Crippen molar-refractivity contribution in [2.45, 2.75) is 13.8 Å². The molecule has 0 radical (unpaired) electrons. The van der Waals surface area contributed by atoms with Crippen LogP contribution in [0.25, 0.3) is 17.4 Å². The van der Waals surface area contributed by atoms with Crippen molar-refractivity contribution < 1.29 is 28.7 Å². The largest absolute Gasteiger partial charge is 0.478 e. The predicted molar refractivity (Wildman–Crippen MR) is 116 cm³/mol. The molecule has 160 valence electrons. The molecule has 1 fully saturated rings. The maximum atomic E-state index is 13.1. The van der Waals surface area contributed by atoms with Crippen LogP contribution < -0.4 is 10.2 Å². The molecule has 8 heteroatoms. The number of hydrogen-bond donors (Lipinski definition) is 2. The number of hydrogen-bond acceptors (Lipinski definition) is 5. The Bertz CT molecular complexity index is 1300. The van der Waals surface area contributed by atoms with E-state index in [9.17, 15) is 24.3 Å². The van der Waals surface area contributed by atoms with Gasteiger partial charge < -0.3 is 9.52 Å². The monoisotopic (exact) mass is 430 g/mol. The van der Waals surface area contributed by atoms with Crippen LogP contribution in [0.2, 0.25) is 0 Å². The molecule has 1 saturated heterocycles. The van der Waals surface area contributed by atoms with E-state index >= 15 is 0 Å². The summed E-state index contributed by atoms with van der Waals surface area (Å²) in [6.07, 6.45) is 1.23. The smallest absolute Gasteiger partial charge is 0.336 e. The average molecular weight is 430 g/mol. The van der Waals surface area contributed by atoms with E-state index in [0.29, 0.717) is 11.3 Å². The molecule has 2 N–H and O–H groups in total. The number of barbiturate groups is 1. The number of aryl methyl sites for hydroxylation is 2. The number of anilines is 1. The zero-order chi connectivity index (χ0) is 23.0. The number of carbonyl (C=O) groups is 4. The van der Waals surface area contributed by atoms with Crippen molar-refractivity contribution in [2.24, 2.45) is 0 Å².